The number of aromatic nitrogens is 1. The van der Waals surface area contributed by atoms with Gasteiger partial charge in [0, 0.05) is 24.4 Å². The van der Waals surface area contributed by atoms with E-state index in [2.05, 4.69) is 41.5 Å². The molecule has 0 saturated carbocycles. The monoisotopic (exact) mass is 257 g/mol. The quantitative estimate of drug-likeness (QED) is 0.800. The summed E-state index contributed by atoms with van der Waals surface area (Å²) in [6.07, 6.45) is 4.70. The van der Waals surface area contributed by atoms with Gasteiger partial charge in [0.05, 0.1) is 13.7 Å². The normalized spacial score (nSPS) is 10.4. The molecule has 2 aromatic rings. The lowest BCUT2D eigenvalue weighted by Crippen LogP contribution is -2.83. The summed E-state index contributed by atoms with van der Waals surface area (Å²) in [5.41, 5.74) is 3.88. The second-order valence-electron chi connectivity index (χ2n) is 4.70. The van der Waals surface area contributed by atoms with E-state index in [1.807, 2.05) is 18.5 Å². The Hall–Kier alpha value is -1.87. The Bertz CT molecular complexity index is 511. The molecular formula is C16H21N2O+. The van der Waals surface area contributed by atoms with Gasteiger partial charge in [-0.2, -0.15) is 0 Å². The number of methoxy groups -OCH3 is 1. The number of nitrogens with two attached hydrogens (primary N) is 1. The highest BCUT2D eigenvalue weighted by Gasteiger charge is 2.04. The number of pyridine rings is 1. The van der Waals surface area contributed by atoms with Crippen molar-refractivity contribution in [1.29, 1.82) is 0 Å². The molecule has 0 atom stereocenters. The van der Waals surface area contributed by atoms with Gasteiger partial charge < -0.3 is 10.1 Å². The van der Waals surface area contributed by atoms with Crippen molar-refractivity contribution in [3.05, 3.63) is 59.4 Å². The molecule has 0 spiro atoms. The van der Waals surface area contributed by atoms with E-state index in [1.54, 1.807) is 7.11 Å². The Kier molecular flexibility index (Phi) is 4.93. The number of nitrogens with zero attached hydrogens (tertiary/aromatic N) is 1. The van der Waals surface area contributed by atoms with Gasteiger partial charge >= 0.3 is 0 Å². The first-order valence-electron chi connectivity index (χ1n) is 6.63. The molecule has 0 aliphatic rings. The van der Waals surface area contributed by atoms with Crippen LogP contribution in [0.15, 0.2) is 42.7 Å². The van der Waals surface area contributed by atoms with Crippen molar-refractivity contribution < 1.29 is 10.1 Å². The smallest absolute Gasteiger partial charge is 0.122 e. The maximum Gasteiger partial charge on any atom is 0.122 e. The lowest BCUT2D eigenvalue weighted by molar-refractivity contribution is -0.670. The number of rotatable bonds is 6. The van der Waals surface area contributed by atoms with Gasteiger partial charge in [-0.05, 0) is 30.7 Å². The molecule has 3 nitrogen and oxygen atoms in total. The lowest BCUT2D eigenvalue weighted by atomic mass is 10.1. The number of aryl methyl sites for hydroxylation is 1. The number of hydrogen-bond acceptors (Lipinski definition) is 2. The van der Waals surface area contributed by atoms with Gasteiger partial charge in [0.25, 0.3) is 0 Å². The van der Waals surface area contributed by atoms with Crippen LogP contribution in [0.2, 0.25) is 0 Å². The van der Waals surface area contributed by atoms with E-state index in [9.17, 15) is 0 Å². The molecule has 100 valence electrons. The number of benzene rings is 1. The third-order valence-corrected chi connectivity index (χ3v) is 3.18. The zero-order chi connectivity index (χ0) is 13.5. The van der Waals surface area contributed by atoms with Crippen molar-refractivity contribution in [2.75, 3.05) is 13.7 Å². The Morgan fingerprint density at radius 3 is 2.68 bits per heavy atom. The van der Waals surface area contributed by atoms with Crippen molar-refractivity contribution in [3.8, 4) is 5.75 Å². The third kappa shape index (κ3) is 4.07. The van der Waals surface area contributed by atoms with Gasteiger partial charge in [-0.1, -0.05) is 17.7 Å². The Labute approximate surface area is 114 Å². The SMILES string of the molecule is COc1ccc(C)cc1CC[NH2+]Cc1ccncc1. The van der Waals surface area contributed by atoms with Crippen molar-refractivity contribution in [2.45, 2.75) is 19.9 Å². The van der Waals surface area contributed by atoms with Crippen LogP contribution < -0.4 is 10.1 Å². The highest BCUT2D eigenvalue weighted by Crippen LogP contribution is 2.19. The fraction of sp³-hybridized carbons (Fsp3) is 0.312. The lowest BCUT2D eigenvalue weighted by Gasteiger charge is -2.09. The summed E-state index contributed by atoms with van der Waals surface area (Å²) in [6, 6.07) is 10.5. The van der Waals surface area contributed by atoms with E-state index < -0.39 is 0 Å². The second-order valence-corrected chi connectivity index (χ2v) is 4.70. The average Bonchev–Trinajstić information content (AvgIpc) is 2.45. The molecule has 0 aliphatic heterocycles. The fourth-order valence-corrected chi connectivity index (χ4v) is 2.15. The molecular weight excluding hydrogens is 236 g/mol. The van der Waals surface area contributed by atoms with E-state index in [-0.39, 0.29) is 0 Å². The van der Waals surface area contributed by atoms with Crippen LogP contribution in [0.3, 0.4) is 0 Å². The van der Waals surface area contributed by atoms with E-state index >= 15 is 0 Å². The Morgan fingerprint density at radius 2 is 1.95 bits per heavy atom. The van der Waals surface area contributed by atoms with Crippen LogP contribution in [-0.2, 0) is 13.0 Å². The molecule has 0 bridgehead atoms. The molecule has 0 amide bonds. The molecule has 0 saturated heterocycles. The number of hydrogen-bond donors (Lipinski definition) is 1. The summed E-state index contributed by atoms with van der Waals surface area (Å²) in [4.78, 5) is 4.02. The summed E-state index contributed by atoms with van der Waals surface area (Å²) in [5, 5.41) is 2.32. The summed E-state index contributed by atoms with van der Waals surface area (Å²) >= 11 is 0. The molecule has 1 heterocycles. The standard InChI is InChI=1S/C16H20N2O/c1-13-3-4-16(19-2)15(11-13)7-10-18-12-14-5-8-17-9-6-14/h3-6,8-9,11,18H,7,10,12H2,1-2H3/p+1. The largest absolute Gasteiger partial charge is 0.496 e. The predicted octanol–water partition coefficient (Wildman–Crippen LogP) is 1.70. The highest BCUT2D eigenvalue weighted by atomic mass is 16.5. The van der Waals surface area contributed by atoms with Crippen LogP contribution in [0.4, 0.5) is 0 Å². The third-order valence-electron chi connectivity index (χ3n) is 3.18. The minimum atomic E-state index is 0.989. The van der Waals surface area contributed by atoms with E-state index in [0.717, 1.165) is 25.3 Å². The molecule has 2 rings (SSSR count). The van der Waals surface area contributed by atoms with Gasteiger partial charge in [-0.15, -0.1) is 0 Å². The van der Waals surface area contributed by atoms with E-state index in [1.165, 1.54) is 16.7 Å². The summed E-state index contributed by atoms with van der Waals surface area (Å²) in [6.45, 7) is 4.17. The van der Waals surface area contributed by atoms with Crippen LogP contribution >= 0.6 is 0 Å². The van der Waals surface area contributed by atoms with Gasteiger partial charge in [0.15, 0.2) is 0 Å². The molecule has 0 radical (unpaired) electrons. The van der Waals surface area contributed by atoms with Gasteiger partial charge in [-0.3, -0.25) is 4.98 Å². The minimum Gasteiger partial charge on any atom is -0.496 e. The van der Waals surface area contributed by atoms with Crippen LogP contribution in [0.25, 0.3) is 0 Å². The maximum atomic E-state index is 5.39. The van der Waals surface area contributed by atoms with Crippen LogP contribution in [0.5, 0.6) is 5.75 Å². The first-order chi connectivity index (χ1) is 9.29. The van der Waals surface area contributed by atoms with Crippen LogP contribution in [-0.4, -0.2) is 18.6 Å². The molecule has 0 aliphatic carbocycles. The second kappa shape index (κ2) is 6.90. The maximum absolute atomic E-state index is 5.39. The van der Waals surface area contributed by atoms with Gasteiger partial charge in [0.2, 0.25) is 0 Å². The molecule has 0 fully saturated rings. The van der Waals surface area contributed by atoms with Crippen molar-refractivity contribution >= 4 is 0 Å². The predicted molar refractivity (Wildman–Crippen MR) is 76.2 cm³/mol. The van der Waals surface area contributed by atoms with Crippen LogP contribution in [0.1, 0.15) is 16.7 Å². The molecule has 1 aromatic heterocycles. The Morgan fingerprint density at radius 1 is 1.16 bits per heavy atom. The topological polar surface area (TPSA) is 38.7 Å². The average molecular weight is 257 g/mol. The van der Waals surface area contributed by atoms with Crippen molar-refractivity contribution in [2.24, 2.45) is 0 Å². The zero-order valence-electron chi connectivity index (χ0n) is 11.6. The van der Waals surface area contributed by atoms with E-state index in [4.69, 9.17) is 4.74 Å². The molecule has 2 N–H and O–H groups in total. The first kappa shape index (κ1) is 13.6. The first-order valence-corrected chi connectivity index (χ1v) is 6.63. The van der Waals surface area contributed by atoms with Crippen molar-refractivity contribution in [1.82, 2.24) is 4.98 Å². The van der Waals surface area contributed by atoms with E-state index in [0.29, 0.717) is 0 Å². The molecule has 0 unspecified atom stereocenters. The number of ether oxygens (including phenoxy) is 1. The van der Waals surface area contributed by atoms with Gasteiger partial charge in [0.1, 0.15) is 12.3 Å². The summed E-state index contributed by atoms with van der Waals surface area (Å²) in [5.74, 6) is 0.989. The molecule has 1 aromatic carbocycles. The van der Waals surface area contributed by atoms with Crippen molar-refractivity contribution in [3.63, 3.8) is 0 Å². The fourth-order valence-electron chi connectivity index (χ4n) is 2.15. The minimum absolute atomic E-state index is 0.989. The molecule has 3 heteroatoms. The highest BCUT2D eigenvalue weighted by molar-refractivity contribution is 5.36. The van der Waals surface area contributed by atoms with Crippen LogP contribution in [0, 0.1) is 6.92 Å². The Balaban J connectivity index is 1.84. The van der Waals surface area contributed by atoms with Gasteiger partial charge in [-0.25, -0.2) is 0 Å². The number of quaternary nitrogens is 1. The summed E-state index contributed by atoms with van der Waals surface area (Å²) < 4.78 is 5.39. The summed E-state index contributed by atoms with van der Waals surface area (Å²) in [7, 11) is 1.73. The zero-order valence-corrected chi connectivity index (χ0v) is 11.6. The molecule has 19 heavy (non-hydrogen) atoms.